The SMILES string of the molecule is CC(C)(C)c1cc(N(C(=O)[C@H]2CC[C@H](C)CC2)[C@H]2CC[C@@H](Sc3nccs3)CC2)c(C(=O)O)s1. The molecule has 1 N–H and O–H groups in total. The third-order valence-electron chi connectivity index (χ3n) is 7.19. The van der Waals surface area contributed by atoms with E-state index >= 15 is 0 Å². The second-order valence-corrected chi connectivity index (χ2v) is 14.4. The van der Waals surface area contributed by atoms with Crippen molar-refractivity contribution in [3.8, 4) is 0 Å². The van der Waals surface area contributed by atoms with Crippen LogP contribution in [0.2, 0.25) is 0 Å². The summed E-state index contributed by atoms with van der Waals surface area (Å²) in [6.45, 7) is 8.56. The van der Waals surface area contributed by atoms with Gasteiger partial charge in [0.05, 0.1) is 5.69 Å². The van der Waals surface area contributed by atoms with Crippen molar-refractivity contribution in [1.82, 2.24) is 4.98 Å². The van der Waals surface area contributed by atoms with Crippen molar-refractivity contribution in [2.24, 2.45) is 11.8 Å². The molecule has 34 heavy (non-hydrogen) atoms. The van der Waals surface area contributed by atoms with Crippen molar-refractivity contribution in [3.63, 3.8) is 0 Å². The van der Waals surface area contributed by atoms with Crippen LogP contribution < -0.4 is 4.90 Å². The number of aromatic nitrogens is 1. The van der Waals surface area contributed by atoms with E-state index in [-0.39, 0.29) is 23.3 Å². The second kappa shape index (κ2) is 10.7. The summed E-state index contributed by atoms with van der Waals surface area (Å²) in [7, 11) is 0. The number of thiazole rings is 1. The summed E-state index contributed by atoms with van der Waals surface area (Å²) in [5.41, 5.74) is 0.464. The van der Waals surface area contributed by atoms with Gasteiger partial charge in [-0.3, -0.25) is 4.79 Å². The molecule has 0 atom stereocenters. The van der Waals surface area contributed by atoms with Gasteiger partial charge in [-0.05, 0) is 68.8 Å². The lowest BCUT2D eigenvalue weighted by molar-refractivity contribution is -0.124. The lowest BCUT2D eigenvalue weighted by Gasteiger charge is -2.39. The fourth-order valence-electron chi connectivity index (χ4n) is 5.11. The monoisotopic (exact) mass is 520 g/mol. The number of carbonyl (C=O) groups is 2. The predicted octanol–water partition coefficient (Wildman–Crippen LogP) is 7.46. The molecular weight excluding hydrogens is 484 g/mol. The lowest BCUT2D eigenvalue weighted by atomic mass is 9.81. The van der Waals surface area contributed by atoms with E-state index in [1.807, 2.05) is 34.3 Å². The molecule has 2 aliphatic rings. The lowest BCUT2D eigenvalue weighted by Crippen LogP contribution is -2.46. The Morgan fingerprint density at radius 2 is 1.76 bits per heavy atom. The highest BCUT2D eigenvalue weighted by Crippen LogP contribution is 2.43. The van der Waals surface area contributed by atoms with Crippen molar-refractivity contribution in [2.75, 3.05) is 4.90 Å². The first-order valence-corrected chi connectivity index (χ1v) is 15.0. The molecule has 2 aliphatic carbocycles. The van der Waals surface area contributed by atoms with Gasteiger partial charge in [-0.15, -0.1) is 22.7 Å². The standard InChI is InChI=1S/C26H36N2O3S3/c1-16-5-7-17(8-6-16)23(29)28(20-15-21(26(2,3)4)34-22(20)24(30)31)18-9-11-19(12-10-18)33-25-27-13-14-32-25/h13-19H,5-12H2,1-4H3,(H,30,31)/t16-,17-,18-,19+. The van der Waals surface area contributed by atoms with Gasteiger partial charge in [0, 0.05) is 33.7 Å². The highest BCUT2D eigenvalue weighted by molar-refractivity contribution is 8.01. The zero-order valence-electron chi connectivity index (χ0n) is 20.6. The molecule has 2 aromatic rings. The quantitative estimate of drug-likeness (QED) is 0.428. The number of carboxylic acid groups (broad SMARTS) is 1. The van der Waals surface area contributed by atoms with Gasteiger partial charge in [-0.2, -0.15) is 0 Å². The van der Waals surface area contributed by atoms with Crippen LogP contribution in [0.4, 0.5) is 5.69 Å². The minimum atomic E-state index is -0.932. The molecule has 2 fully saturated rings. The summed E-state index contributed by atoms with van der Waals surface area (Å²) in [6.07, 6.45) is 9.64. The molecule has 8 heteroatoms. The number of carbonyl (C=O) groups excluding carboxylic acids is 1. The second-order valence-electron chi connectivity index (χ2n) is 10.9. The van der Waals surface area contributed by atoms with Crippen LogP contribution in [-0.4, -0.2) is 33.3 Å². The number of carboxylic acids is 1. The highest BCUT2D eigenvalue weighted by Gasteiger charge is 2.38. The summed E-state index contributed by atoms with van der Waals surface area (Å²) >= 11 is 4.85. The van der Waals surface area contributed by atoms with E-state index in [9.17, 15) is 14.7 Å². The van der Waals surface area contributed by atoms with Crippen molar-refractivity contribution in [2.45, 2.75) is 100 Å². The maximum absolute atomic E-state index is 14.0. The molecule has 0 aromatic carbocycles. The van der Waals surface area contributed by atoms with E-state index in [4.69, 9.17) is 0 Å². The van der Waals surface area contributed by atoms with Gasteiger partial charge >= 0.3 is 5.97 Å². The van der Waals surface area contributed by atoms with Gasteiger partial charge in [-0.25, -0.2) is 9.78 Å². The van der Waals surface area contributed by atoms with Gasteiger partial charge in [0.25, 0.3) is 0 Å². The number of amides is 1. The number of aromatic carboxylic acids is 1. The Bertz CT molecular complexity index is 980. The average Bonchev–Trinajstić information content (AvgIpc) is 3.46. The Morgan fingerprint density at radius 3 is 2.32 bits per heavy atom. The molecule has 2 heterocycles. The zero-order valence-corrected chi connectivity index (χ0v) is 23.0. The van der Waals surface area contributed by atoms with Crippen LogP contribution in [0.3, 0.4) is 0 Å². The highest BCUT2D eigenvalue weighted by atomic mass is 32.2. The number of hydrogen-bond acceptors (Lipinski definition) is 6. The van der Waals surface area contributed by atoms with Gasteiger partial charge in [0.15, 0.2) is 0 Å². The number of rotatable bonds is 6. The van der Waals surface area contributed by atoms with E-state index in [0.717, 1.165) is 60.6 Å². The molecule has 0 aliphatic heterocycles. The van der Waals surface area contributed by atoms with Crippen molar-refractivity contribution in [1.29, 1.82) is 0 Å². The van der Waals surface area contributed by atoms with Crippen molar-refractivity contribution >= 4 is 52.0 Å². The molecule has 0 spiro atoms. The fraction of sp³-hybridized carbons (Fsp3) is 0.654. The maximum atomic E-state index is 14.0. The summed E-state index contributed by atoms with van der Waals surface area (Å²) < 4.78 is 1.11. The van der Waals surface area contributed by atoms with Gasteiger partial charge in [0.2, 0.25) is 5.91 Å². The Kier molecular flexibility index (Phi) is 8.09. The minimum absolute atomic E-state index is 0.00162. The normalized spacial score (nSPS) is 25.8. The van der Waals surface area contributed by atoms with Crippen LogP contribution in [-0.2, 0) is 10.2 Å². The molecule has 0 saturated heterocycles. The molecule has 5 nitrogen and oxygen atoms in total. The molecular formula is C26H36N2O3S3. The van der Waals surface area contributed by atoms with Crippen LogP contribution in [0.5, 0.6) is 0 Å². The van der Waals surface area contributed by atoms with Crippen LogP contribution in [0.1, 0.15) is 93.6 Å². The molecule has 0 radical (unpaired) electrons. The topological polar surface area (TPSA) is 70.5 Å². The fourth-order valence-corrected chi connectivity index (χ4v) is 8.23. The van der Waals surface area contributed by atoms with E-state index in [1.54, 1.807) is 11.3 Å². The van der Waals surface area contributed by atoms with Crippen LogP contribution in [0.25, 0.3) is 0 Å². The van der Waals surface area contributed by atoms with Gasteiger partial charge < -0.3 is 10.0 Å². The van der Waals surface area contributed by atoms with Crippen molar-refractivity contribution < 1.29 is 14.7 Å². The number of thioether (sulfide) groups is 1. The Morgan fingerprint density at radius 1 is 1.09 bits per heavy atom. The number of anilines is 1. The molecule has 2 saturated carbocycles. The molecule has 0 bridgehead atoms. The van der Waals surface area contributed by atoms with Crippen molar-refractivity contribution in [3.05, 3.63) is 27.4 Å². The van der Waals surface area contributed by atoms with Crippen LogP contribution in [0, 0.1) is 11.8 Å². The summed E-state index contributed by atoms with van der Waals surface area (Å²) in [4.78, 5) is 34.0. The van der Waals surface area contributed by atoms with Crippen LogP contribution >= 0.6 is 34.4 Å². The van der Waals surface area contributed by atoms with E-state index in [2.05, 4.69) is 32.7 Å². The Hall–Kier alpha value is -1.38. The number of hydrogen-bond donors (Lipinski definition) is 1. The van der Waals surface area contributed by atoms with E-state index < -0.39 is 5.97 Å². The minimum Gasteiger partial charge on any atom is -0.477 e. The number of thiophene rings is 1. The first-order valence-electron chi connectivity index (χ1n) is 12.4. The molecule has 0 unspecified atom stereocenters. The Labute approximate surface area is 215 Å². The first-order chi connectivity index (χ1) is 16.1. The average molecular weight is 521 g/mol. The Balaban J connectivity index is 1.61. The smallest absolute Gasteiger partial charge is 0.348 e. The van der Waals surface area contributed by atoms with E-state index in [1.165, 1.54) is 11.3 Å². The summed E-state index contributed by atoms with van der Waals surface area (Å²) in [6, 6.07) is 2.05. The zero-order chi connectivity index (χ0) is 24.5. The summed E-state index contributed by atoms with van der Waals surface area (Å²) in [5.74, 6) is -0.125. The largest absolute Gasteiger partial charge is 0.477 e. The van der Waals surface area contributed by atoms with E-state index in [0.29, 0.717) is 21.7 Å². The van der Waals surface area contributed by atoms with Gasteiger partial charge in [-0.1, -0.05) is 39.5 Å². The molecule has 4 rings (SSSR count). The van der Waals surface area contributed by atoms with Crippen LogP contribution in [0.15, 0.2) is 22.0 Å². The maximum Gasteiger partial charge on any atom is 0.348 e. The third-order valence-corrected chi connectivity index (χ3v) is 11.0. The molecule has 186 valence electrons. The first kappa shape index (κ1) is 25.7. The summed E-state index contributed by atoms with van der Waals surface area (Å²) in [5, 5.41) is 12.6. The van der Waals surface area contributed by atoms with Gasteiger partial charge in [0.1, 0.15) is 9.22 Å². The number of nitrogens with zero attached hydrogens (tertiary/aromatic N) is 2. The third kappa shape index (κ3) is 5.88. The molecule has 1 amide bonds. The molecule has 2 aromatic heterocycles. The predicted molar refractivity (Wildman–Crippen MR) is 143 cm³/mol.